The molecule has 1 amide bonds. The molecule has 7 unspecified atom stereocenters. The lowest BCUT2D eigenvalue weighted by Gasteiger charge is -2.40. The van der Waals surface area contributed by atoms with Gasteiger partial charge in [0.1, 0.15) is 24.4 Å². The van der Waals surface area contributed by atoms with Crippen LogP contribution in [0, 0.1) is 0 Å². The zero-order valence-corrected chi connectivity index (χ0v) is 64.1. The number of carbonyl (C=O) groups is 2. The van der Waals surface area contributed by atoms with Gasteiger partial charge in [0.15, 0.2) is 6.29 Å². The SMILES string of the molecule is CCCCCCCCC/C=C\CCCCCCCC(=O)OCCCCCCCCCCCCCCCCCCCC/C=C\CCCCCCCCCCCCCCCCCCCC(=O)NC(COC1OC(CO)C(O)C(O)C1O)C(O)/C=C/CCCCCCCCCCCCCC. The van der Waals surface area contributed by atoms with Crippen LogP contribution >= 0.6 is 0 Å². The standard InChI is InChI=1S/C86H163NO10/c1-3-5-7-9-11-13-15-17-19-46-50-54-58-62-66-70-74-82(91)95-75-71-67-63-59-55-51-47-44-42-40-38-36-34-32-30-28-26-24-22-20-21-23-25-27-29-31-33-35-37-39-41-43-45-49-53-57-61-65-69-73-81(90)87-78(77-96-86-85(94)84(93)83(92)80(76-88)97-86)79(89)72-68-64-60-56-52-48-18-16-14-12-10-8-6-4-2/h19-21,46,68,72,78-80,83-86,88-89,92-94H,3-18,22-45,47-67,69-71,73-77H2,1-2H3,(H,87,90)/b21-20-,46-19-,72-68+. The fourth-order valence-electron chi connectivity index (χ4n) is 13.8. The smallest absolute Gasteiger partial charge is 0.305 e. The number of nitrogens with one attached hydrogen (secondary N) is 1. The van der Waals surface area contributed by atoms with Crippen molar-refractivity contribution in [1.82, 2.24) is 5.32 Å². The monoisotopic (exact) mass is 1370 g/mol. The molecule has 6 N–H and O–H groups in total. The Hall–Kier alpha value is -2.12. The van der Waals surface area contributed by atoms with Crippen molar-refractivity contribution in [2.45, 2.75) is 480 Å². The lowest BCUT2D eigenvalue weighted by molar-refractivity contribution is -0.302. The molecule has 1 heterocycles. The van der Waals surface area contributed by atoms with Crippen molar-refractivity contribution < 1.29 is 49.3 Å². The Morgan fingerprint density at radius 1 is 0.371 bits per heavy atom. The van der Waals surface area contributed by atoms with E-state index in [0.29, 0.717) is 19.4 Å². The van der Waals surface area contributed by atoms with Gasteiger partial charge in [-0.25, -0.2) is 0 Å². The molecule has 0 aromatic carbocycles. The normalized spacial score (nSPS) is 17.4. The van der Waals surface area contributed by atoms with Gasteiger partial charge in [-0.1, -0.05) is 378 Å². The van der Waals surface area contributed by atoms with Crippen molar-refractivity contribution in [3.8, 4) is 0 Å². The van der Waals surface area contributed by atoms with E-state index < -0.39 is 49.5 Å². The molecule has 1 rings (SSSR count). The minimum Gasteiger partial charge on any atom is -0.466 e. The van der Waals surface area contributed by atoms with Gasteiger partial charge >= 0.3 is 5.97 Å². The molecule has 0 radical (unpaired) electrons. The van der Waals surface area contributed by atoms with Crippen LogP contribution in [0.2, 0.25) is 0 Å². The predicted octanol–water partition coefficient (Wildman–Crippen LogP) is 23.6. The molecule has 0 spiro atoms. The van der Waals surface area contributed by atoms with Crippen LogP contribution in [0.1, 0.15) is 438 Å². The first-order valence-corrected chi connectivity index (χ1v) is 42.8. The van der Waals surface area contributed by atoms with Gasteiger partial charge in [0.25, 0.3) is 0 Å². The first-order chi connectivity index (χ1) is 47.7. The Balaban J connectivity index is 1.88. The van der Waals surface area contributed by atoms with Crippen LogP contribution < -0.4 is 5.32 Å². The molecule has 97 heavy (non-hydrogen) atoms. The molecule has 0 aliphatic carbocycles. The Morgan fingerprint density at radius 2 is 0.660 bits per heavy atom. The van der Waals surface area contributed by atoms with Crippen molar-refractivity contribution >= 4 is 11.9 Å². The van der Waals surface area contributed by atoms with E-state index in [4.69, 9.17) is 14.2 Å². The zero-order chi connectivity index (χ0) is 70.1. The summed E-state index contributed by atoms with van der Waals surface area (Å²) in [6.45, 7) is 4.40. The summed E-state index contributed by atoms with van der Waals surface area (Å²) in [6, 6.07) is -0.807. The number of esters is 1. The van der Waals surface area contributed by atoms with Crippen molar-refractivity contribution in [2.24, 2.45) is 0 Å². The minimum absolute atomic E-state index is 0.0102. The lowest BCUT2D eigenvalue weighted by atomic mass is 9.99. The third kappa shape index (κ3) is 63.3. The second-order valence-electron chi connectivity index (χ2n) is 29.9. The third-order valence-corrected chi connectivity index (χ3v) is 20.5. The highest BCUT2D eigenvalue weighted by Crippen LogP contribution is 2.24. The molecule has 0 bridgehead atoms. The molecule has 1 saturated heterocycles. The highest BCUT2D eigenvalue weighted by molar-refractivity contribution is 5.76. The molecule has 0 aromatic heterocycles. The van der Waals surface area contributed by atoms with E-state index in [1.54, 1.807) is 6.08 Å². The molecule has 0 aromatic rings. The number of hydrogen-bond donors (Lipinski definition) is 6. The van der Waals surface area contributed by atoms with Crippen LogP contribution in [0.4, 0.5) is 0 Å². The average molecular weight is 1370 g/mol. The van der Waals surface area contributed by atoms with Gasteiger partial charge in [-0.3, -0.25) is 9.59 Å². The van der Waals surface area contributed by atoms with Crippen LogP contribution in [0.3, 0.4) is 0 Å². The quantitative estimate of drug-likeness (QED) is 0.0195. The largest absolute Gasteiger partial charge is 0.466 e. The molecule has 7 atom stereocenters. The molecule has 11 nitrogen and oxygen atoms in total. The number of allylic oxidation sites excluding steroid dienone is 5. The molecule has 0 saturated carbocycles. The maximum atomic E-state index is 13.1. The average Bonchev–Trinajstić information content (AvgIpc) is 0.869. The summed E-state index contributed by atoms with van der Waals surface area (Å²) in [5.74, 6) is -0.164. The maximum Gasteiger partial charge on any atom is 0.305 e. The van der Waals surface area contributed by atoms with Crippen molar-refractivity contribution in [2.75, 3.05) is 19.8 Å². The van der Waals surface area contributed by atoms with Gasteiger partial charge < -0.3 is 45.1 Å². The van der Waals surface area contributed by atoms with Gasteiger partial charge in [-0.2, -0.15) is 0 Å². The summed E-state index contributed by atoms with van der Waals surface area (Å²) in [6.07, 6.45) is 89.1. The molecule has 1 aliphatic heterocycles. The van der Waals surface area contributed by atoms with Crippen molar-refractivity contribution in [1.29, 1.82) is 0 Å². The van der Waals surface area contributed by atoms with Crippen molar-refractivity contribution in [3.05, 3.63) is 36.5 Å². The van der Waals surface area contributed by atoms with Gasteiger partial charge in [-0.15, -0.1) is 0 Å². The van der Waals surface area contributed by atoms with E-state index in [1.165, 1.54) is 353 Å². The van der Waals surface area contributed by atoms with Crippen LogP contribution in [0.15, 0.2) is 36.5 Å². The number of carbonyl (C=O) groups excluding carboxylic acids is 2. The fourth-order valence-corrected chi connectivity index (χ4v) is 13.8. The van der Waals surface area contributed by atoms with E-state index in [1.807, 2.05) is 6.08 Å². The number of amides is 1. The van der Waals surface area contributed by atoms with Crippen LogP contribution in [0.5, 0.6) is 0 Å². The first-order valence-electron chi connectivity index (χ1n) is 42.8. The summed E-state index contributed by atoms with van der Waals surface area (Å²) in [5.41, 5.74) is 0. The fraction of sp³-hybridized carbons (Fsp3) is 0.907. The number of aliphatic hydroxyl groups excluding tert-OH is 5. The second kappa shape index (κ2) is 75.1. The lowest BCUT2D eigenvalue weighted by Crippen LogP contribution is -2.60. The molecule has 1 aliphatic rings. The molecule has 572 valence electrons. The summed E-state index contributed by atoms with van der Waals surface area (Å²) in [4.78, 5) is 25.2. The summed E-state index contributed by atoms with van der Waals surface area (Å²) < 4.78 is 16.8. The van der Waals surface area contributed by atoms with Gasteiger partial charge in [0.2, 0.25) is 5.91 Å². The Morgan fingerprint density at radius 3 is 0.990 bits per heavy atom. The van der Waals surface area contributed by atoms with E-state index in [0.717, 1.165) is 57.8 Å². The molecular weight excluding hydrogens is 1210 g/mol. The predicted molar refractivity (Wildman–Crippen MR) is 412 cm³/mol. The molecule has 11 heteroatoms. The van der Waals surface area contributed by atoms with Crippen LogP contribution in [-0.4, -0.2) is 100 Å². The number of hydrogen-bond acceptors (Lipinski definition) is 10. The second-order valence-corrected chi connectivity index (χ2v) is 29.9. The number of ether oxygens (including phenoxy) is 3. The van der Waals surface area contributed by atoms with Gasteiger partial charge in [0.05, 0.1) is 32.0 Å². The van der Waals surface area contributed by atoms with E-state index in [9.17, 15) is 35.1 Å². The van der Waals surface area contributed by atoms with Crippen LogP contribution in [-0.2, 0) is 23.8 Å². The van der Waals surface area contributed by atoms with E-state index in [2.05, 4.69) is 43.5 Å². The summed E-state index contributed by atoms with van der Waals surface area (Å²) >= 11 is 0. The molecule has 1 fully saturated rings. The summed E-state index contributed by atoms with van der Waals surface area (Å²) in [7, 11) is 0. The first kappa shape index (κ1) is 92.9. The third-order valence-electron chi connectivity index (χ3n) is 20.5. The Kier molecular flexibility index (Phi) is 71.9. The maximum absolute atomic E-state index is 13.1. The van der Waals surface area contributed by atoms with Crippen molar-refractivity contribution in [3.63, 3.8) is 0 Å². The number of aliphatic hydroxyl groups is 5. The van der Waals surface area contributed by atoms with E-state index in [-0.39, 0.29) is 18.5 Å². The minimum atomic E-state index is -1.57. The van der Waals surface area contributed by atoms with Gasteiger partial charge in [-0.05, 0) is 83.5 Å². The Bertz CT molecular complexity index is 1710. The number of rotatable bonds is 77. The van der Waals surface area contributed by atoms with Crippen LogP contribution in [0.25, 0.3) is 0 Å². The van der Waals surface area contributed by atoms with E-state index >= 15 is 0 Å². The topological polar surface area (TPSA) is 175 Å². The Labute approximate surface area is 600 Å². The molecular formula is C86H163NO10. The highest BCUT2D eigenvalue weighted by Gasteiger charge is 2.44. The summed E-state index contributed by atoms with van der Waals surface area (Å²) in [5, 5.41) is 54.6. The van der Waals surface area contributed by atoms with Gasteiger partial charge in [0, 0.05) is 12.8 Å². The zero-order valence-electron chi connectivity index (χ0n) is 64.1. The number of unbranched alkanes of at least 4 members (excludes halogenated alkanes) is 59. The highest BCUT2D eigenvalue weighted by atomic mass is 16.7.